The second-order valence-corrected chi connectivity index (χ2v) is 11.0. The molecule has 0 unspecified atom stereocenters. The number of hydrogen-bond acceptors (Lipinski definition) is 4. The summed E-state index contributed by atoms with van der Waals surface area (Å²) < 4.78 is 23.7. The van der Waals surface area contributed by atoms with Crippen molar-refractivity contribution in [2.45, 2.75) is 62.9 Å². The lowest BCUT2D eigenvalue weighted by molar-refractivity contribution is 0.0271. The summed E-state index contributed by atoms with van der Waals surface area (Å²) >= 11 is 14.5. The molecule has 0 amide bonds. The van der Waals surface area contributed by atoms with Gasteiger partial charge in [-0.3, -0.25) is 0 Å². The van der Waals surface area contributed by atoms with Crippen LogP contribution in [0, 0.1) is 41.5 Å². The average Bonchev–Trinajstić information content (AvgIpc) is 2.85. The molecule has 4 nitrogen and oxygen atoms in total. The van der Waals surface area contributed by atoms with E-state index in [1.165, 1.54) is 55.6 Å². The molecule has 0 aliphatic carbocycles. The zero-order valence-electron chi connectivity index (χ0n) is 22.2. The predicted molar refractivity (Wildman–Crippen MR) is 164 cm³/mol. The molecule has 0 atom stereocenters. The summed E-state index contributed by atoms with van der Waals surface area (Å²) in [7, 11) is 0. The Morgan fingerprint density at radius 2 is 0.639 bits per heavy atom. The minimum atomic E-state index is 0.509. The predicted octanol–water partition coefficient (Wildman–Crippen LogP) is 8.61. The Balaban J connectivity index is 1.74. The van der Waals surface area contributed by atoms with Crippen LogP contribution in [-0.4, -0.2) is 39.6 Å². The van der Waals surface area contributed by atoms with Gasteiger partial charge in [-0.05, 0) is 97.2 Å². The minimum Gasteiger partial charge on any atom is -0.491 e. The molecule has 2 aromatic carbocycles. The van der Waals surface area contributed by atoms with Crippen molar-refractivity contribution in [3.8, 4) is 11.5 Å². The molecular weight excluding hydrogens is 720 g/mol. The fraction of sp³-hybridized carbons (Fsp3) is 0.571. The molecule has 2 aromatic rings. The van der Waals surface area contributed by atoms with Gasteiger partial charge in [0.2, 0.25) is 0 Å². The van der Waals surface area contributed by atoms with Crippen molar-refractivity contribution in [1.29, 1.82) is 0 Å². The molecule has 0 fully saturated rings. The molecular formula is C28H38Br4O4. The Morgan fingerprint density at radius 1 is 0.389 bits per heavy atom. The van der Waals surface area contributed by atoms with E-state index in [0.717, 1.165) is 32.8 Å². The van der Waals surface area contributed by atoms with E-state index in [9.17, 15) is 0 Å². The van der Waals surface area contributed by atoms with Gasteiger partial charge in [-0.1, -0.05) is 63.7 Å². The Labute approximate surface area is 250 Å². The van der Waals surface area contributed by atoms with Crippen LogP contribution in [0.4, 0.5) is 0 Å². The van der Waals surface area contributed by atoms with Gasteiger partial charge in [0.05, 0.1) is 26.4 Å². The van der Waals surface area contributed by atoms with E-state index < -0.39 is 0 Å². The van der Waals surface area contributed by atoms with Gasteiger partial charge < -0.3 is 18.9 Å². The summed E-state index contributed by atoms with van der Waals surface area (Å²) in [5.41, 5.74) is 12.6. The van der Waals surface area contributed by atoms with Crippen LogP contribution in [0.15, 0.2) is 0 Å². The van der Waals surface area contributed by atoms with Gasteiger partial charge in [-0.15, -0.1) is 0 Å². The lowest BCUT2D eigenvalue weighted by Crippen LogP contribution is -2.15. The Bertz CT molecular complexity index is 880. The standard InChI is InChI=1S/C28H38Br4O4/c1-17-23(13-29)19(3)27(20(4)24(17)14-30)35-11-9-33-7-8-34-10-12-36-28-21(5)25(15-31)18(2)26(16-32)22(28)6/h7-16H2,1-6H3. The summed E-state index contributed by atoms with van der Waals surface area (Å²) in [6.45, 7) is 16.0. The van der Waals surface area contributed by atoms with E-state index in [1.807, 2.05) is 0 Å². The van der Waals surface area contributed by atoms with Crippen LogP contribution in [0.2, 0.25) is 0 Å². The quantitative estimate of drug-likeness (QED) is 0.135. The van der Waals surface area contributed by atoms with Gasteiger partial charge in [0.15, 0.2) is 0 Å². The van der Waals surface area contributed by atoms with E-state index >= 15 is 0 Å². The van der Waals surface area contributed by atoms with Gasteiger partial charge in [0.1, 0.15) is 24.7 Å². The maximum atomic E-state index is 6.14. The van der Waals surface area contributed by atoms with Gasteiger partial charge in [0, 0.05) is 21.3 Å². The largest absolute Gasteiger partial charge is 0.491 e. The number of hydrogen-bond donors (Lipinski definition) is 0. The van der Waals surface area contributed by atoms with Crippen molar-refractivity contribution < 1.29 is 18.9 Å². The van der Waals surface area contributed by atoms with Gasteiger partial charge in [-0.25, -0.2) is 0 Å². The van der Waals surface area contributed by atoms with Gasteiger partial charge in [-0.2, -0.15) is 0 Å². The normalized spacial score (nSPS) is 11.3. The lowest BCUT2D eigenvalue weighted by Gasteiger charge is -2.21. The monoisotopic (exact) mass is 754 g/mol. The highest BCUT2D eigenvalue weighted by Crippen LogP contribution is 2.36. The van der Waals surface area contributed by atoms with Crippen molar-refractivity contribution in [2.24, 2.45) is 0 Å². The van der Waals surface area contributed by atoms with Crippen LogP contribution in [0.5, 0.6) is 11.5 Å². The number of ether oxygens (including phenoxy) is 4. The van der Waals surface area contributed by atoms with Crippen LogP contribution in [-0.2, 0) is 30.8 Å². The Kier molecular flexibility index (Phi) is 14.3. The highest BCUT2D eigenvalue weighted by molar-refractivity contribution is 9.09. The third-order valence-electron chi connectivity index (χ3n) is 6.84. The van der Waals surface area contributed by atoms with Crippen LogP contribution in [0.3, 0.4) is 0 Å². The first-order valence-corrected chi connectivity index (χ1v) is 16.6. The molecule has 8 heteroatoms. The molecule has 0 aliphatic rings. The zero-order chi connectivity index (χ0) is 26.8. The molecule has 36 heavy (non-hydrogen) atoms. The van der Waals surface area contributed by atoms with E-state index in [-0.39, 0.29) is 0 Å². The molecule has 202 valence electrons. The van der Waals surface area contributed by atoms with Crippen LogP contribution < -0.4 is 9.47 Å². The van der Waals surface area contributed by atoms with Gasteiger partial charge in [0.25, 0.3) is 0 Å². The number of rotatable bonds is 15. The zero-order valence-corrected chi connectivity index (χ0v) is 28.6. The third kappa shape index (κ3) is 7.72. The van der Waals surface area contributed by atoms with Crippen molar-refractivity contribution >= 4 is 63.7 Å². The van der Waals surface area contributed by atoms with Crippen LogP contribution in [0.1, 0.15) is 55.6 Å². The SMILES string of the molecule is Cc1c(CBr)c(C)c(OCCOCCOCCOc2c(C)c(CBr)c(C)c(CBr)c2C)c(C)c1CBr. The number of benzene rings is 2. The van der Waals surface area contributed by atoms with E-state index in [2.05, 4.69) is 105 Å². The second-order valence-electron chi connectivity index (χ2n) is 8.78. The van der Waals surface area contributed by atoms with Gasteiger partial charge >= 0.3 is 0 Å². The first kappa shape index (κ1) is 32.1. The number of alkyl halides is 4. The fourth-order valence-electron chi connectivity index (χ4n) is 4.56. The summed E-state index contributed by atoms with van der Waals surface area (Å²) in [4.78, 5) is 0. The second kappa shape index (κ2) is 16.1. The molecule has 0 saturated carbocycles. The average molecular weight is 758 g/mol. The van der Waals surface area contributed by atoms with Crippen molar-refractivity contribution in [3.63, 3.8) is 0 Å². The molecule has 0 bridgehead atoms. The fourth-order valence-corrected chi connectivity index (χ4v) is 7.93. The molecule has 0 heterocycles. The minimum absolute atomic E-state index is 0.509. The molecule has 0 radical (unpaired) electrons. The molecule has 0 aliphatic heterocycles. The van der Waals surface area contributed by atoms with Crippen LogP contribution >= 0.6 is 63.7 Å². The Morgan fingerprint density at radius 3 is 0.889 bits per heavy atom. The summed E-state index contributed by atoms with van der Waals surface area (Å²) in [5, 5.41) is 3.27. The van der Waals surface area contributed by atoms with Crippen molar-refractivity contribution in [2.75, 3.05) is 39.6 Å². The first-order chi connectivity index (χ1) is 17.2. The molecule has 0 saturated heterocycles. The highest BCUT2D eigenvalue weighted by atomic mass is 79.9. The molecule has 0 spiro atoms. The van der Waals surface area contributed by atoms with Crippen molar-refractivity contribution in [3.05, 3.63) is 55.6 Å². The summed E-state index contributed by atoms with van der Waals surface area (Å²) in [5.74, 6) is 1.93. The first-order valence-electron chi connectivity index (χ1n) is 12.1. The van der Waals surface area contributed by atoms with E-state index in [0.29, 0.717) is 39.6 Å². The van der Waals surface area contributed by atoms with E-state index in [1.54, 1.807) is 0 Å². The van der Waals surface area contributed by atoms with Crippen molar-refractivity contribution in [1.82, 2.24) is 0 Å². The maximum Gasteiger partial charge on any atom is 0.125 e. The molecule has 0 N–H and O–H groups in total. The van der Waals surface area contributed by atoms with E-state index in [4.69, 9.17) is 18.9 Å². The van der Waals surface area contributed by atoms with Crippen LogP contribution in [0.25, 0.3) is 0 Å². The highest BCUT2D eigenvalue weighted by Gasteiger charge is 2.18. The topological polar surface area (TPSA) is 36.9 Å². The summed E-state index contributed by atoms with van der Waals surface area (Å²) in [6.07, 6.45) is 0. The molecule has 2 rings (SSSR count). The maximum absolute atomic E-state index is 6.14. The Hall–Kier alpha value is -0.120. The lowest BCUT2D eigenvalue weighted by atomic mass is 9.94. The number of halogens is 4. The third-order valence-corrected chi connectivity index (χ3v) is 9.08. The molecule has 0 aromatic heterocycles. The summed E-state index contributed by atoms with van der Waals surface area (Å²) in [6, 6.07) is 0. The smallest absolute Gasteiger partial charge is 0.125 e.